The molecule has 0 N–H and O–H groups in total. The predicted molar refractivity (Wildman–Crippen MR) is 119 cm³/mol. The molecule has 1 amide bonds. The molecule has 29 heavy (non-hydrogen) atoms. The number of hydrogen-bond acceptors (Lipinski definition) is 5. The van der Waals surface area contributed by atoms with Crippen molar-refractivity contribution < 1.29 is 13.9 Å². The van der Waals surface area contributed by atoms with Crippen LogP contribution in [0.5, 0.6) is 5.75 Å². The van der Waals surface area contributed by atoms with Crippen molar-refractivity contribution in [2.45, 2.75) is 6.42 Å². The minimum atomic E-state index is -0.496. The first-order valence-corrected chi connectivity index (χ1v) is 10.0. The van der Waals surface area contributed by atoms with Crippen LogP contribution in [-0.2, 0) is 4.79 Å². The molecule has 0 aliphatic heterocycles. The number of amides is 1. The minimum absolute atomic E-state index is 0. The third kappa shape index (κ3) is 6.27. The molecule has 0 bridgehead atoms. The quantitative estimate of drug-likeness (QED) is 0.483. The highest BCUT2D eigenvalue weighted by atomic mass is 35.5. The predicted octanol–water partition coefficient (Wildman–Crippen LogP) is 4.87. The van der Waals surface area contributed by atoms with Gasteiger partial charge in [-0.05, 0) is 57.4 Å². The Bertz CT molecular complexity index is 968. The molecule has 1 heterocycles. The summed E-state index contributed by atoms with van der Waals surface area (Å²) in [5, 5.41) is 1.20. The number of hydrogen-bond donors (Lipinski definition) is 0. The Labute approximate surface area is 184 Å². The lowest BCUT2D eigenvalue weighted by atomic mass is 10.3. The summed E-state index contributed by atoms with van der Waals surface area (Å²) in [4.78, 5) is 21.1. The SMILES string of the molecule is CN(C)CCCN(C(=O)COc1ccccc1F)c1nc2ccc(Cl)cc2s1.Cl. The van der Waals surface area contributed by atoms with Gasteiger partial charge in [-0.15, -0.1) is 12.4 Å². The van der Waals surface area contributed by atoms with Gasteiger partial charge in [0, 0.05) is 11.6 Å². The zero-order valence-corrected chi connectivity index (χ0v) is 18.5. The molecule has 156 valence electrons. The van der Waals surface area contributed by atoms with Crippen LogP contribution < -0.4 is 9.64 Å². The van der Waals surface area contributed by atoms with Crippen molar-refractivity contribution in [2.75, 3.05) is 38.7 Å². The zero-order valence-electron chi connectivity index (χ0n) is 16.1. The Morgan fingerprint density at radius 2 is 1.97 bits per heavy atom. The smallest absolute Gasteiger partial charge is 0.266 e. The lowest BCUT2D eigenvalue weighted by Gasteiger charge is -2.21. The van der Waals surface area contributed by atoms with E-state index in [-0.39, 0.29) is 30.7 Å². The molecular formula is C20H22Cl2FN3O2S. The van der Waals surface area contributed by atoms with E-state index in [1.165, 1.54) is 23.5 Å². The second-order valence-corrected chi connectivity index (χ2v) is 7.98. The summed E-state index contributed by atoms with van der Waals surface area (Å²) in [6.45, 7) is 1.06. The van der Waals surface area contributed by atoms with E-state index in [1.54, 1.807) is 23.1 Å². The molecule has 5 nitrogen and oxygen atoms in total. The Morgan fingerprint density at radius 1 is 1.21 bits per heavy atom. The summed E-state index contributed by atoms with van der Waals surface area (Å²) in [5.74, 6) is -0.712. The summed E-state index contributed by atoms with van der Waals surface area (Å²) in [7, 11) is 3.96. The minimum Gasteiger partial charge on any atom is -0.481 e. The first-order valence-electron chi connectivity index (χ1n) is 8.82. The van der Waals surface area contributed by atoms with Crippen molar-refractivity contribution in [2.24, 2.45) is 0 Å². The second-order valence-electron chi connectivity index (χ2n) is 6.53. The van der Waals surface area contributed by atoms with Gasteiger partial charge in [0.15, 0.2) is 23.3 Å². The van der Waals surface area contributed by atoms with Crippen LogP contribution >= 0.6 is 35.3 Å². The number of nitrogens with zero attached hydrogens (tertiary/aromatic N) is 3. The molecule has 0 aliphatic carbocycles. The fourth-order valence-electron chi connectivity index (χ4n) is 2.65. The van der Waals surface area contributed by atoms with Crippen molar-refractivity contribution in [3.8, 4) is 5.75 Å². The summed E-state index contributed by atoms with van der Waals surface area (Å²) >= 11 is 7.46. The van der Waals surface area contributed by atoms with E-state index in [2.05, 4.69) is 9.88 Å². The van der Waals surface area contributed by atoms with Gasteiger partial charge in [-0.3, -0.25) is 9.69 Å². The molecule has 3 rings (SSSR count). The van der Waals surface area contributed by atoms with Gasteiger partial charge in [0.05, 0.1) is 10.2 Å². The number of thiazole rings is 1. The second kappa shape index (κ2) is 10.7. The van der Waals surface area contributed by atoms with Gasteiger partial charge in [-0.1, -0.05) is 35.1 Å². The van der Waals surface area contributed by atoms with Crippen molar-refractivity contribution >= 4 is 56.6 Å². The van der Waals surface area contributed by atoms with Crippen molar-refractivity contribution in [3.63, 3.8) is 0 Å². The Morgan fingerprint density at radius 3 is 2.69 bits per heavy atom. The van der Waals surface area contributed by atoms with Crippen LogP contribution in [0.4, 0.5) is 9.52 Å². The summed E-state index contributed by atoms with van der Waals surface area (Å²) in [5.41, 5.74) is 0.782. The maximum absolute atomic E-state index is 13.8. The molecule has 0 atom stereocenters. The molecule has 3 aromatic rings. The highest BCUT2D eigenvalue weighted by molar-refractivity contribution is 7.22. The maximum atomic E-state index is 13.8. The fourth-order valence-corrected chi connectivity index (χ4v) is 3.94. The van der Waals surface area contributed by atoms with E-state index in [0.717, 1.165) is 23.2 Å². The van der Waals surface area contributed by atoms with E-state index < -0.39 is 5.82 Å². The fraction of sp³-hybridized carbons (Fsp3) is 0.300. The van der Waals surface area contributed by atoms with Crippen LogP contribution in [0.25, 0.3) is 10.2 Å². The topological polar surface area (TPSA) is 45.7 Å². The van der Waals surface area contributed by atoms with E-state index >= 15 is 0 Å². The zero-order chi connectivity index (χ0) is 20.1. The number of carbonyl (C=O) groups is 1. The van der Waals surface area contributed by atoms with Gasteiger partial charge >= 0.3 is 0 Å². The molecule has 1 aromatic heterocycles. The Kier molecular flexibility index (Phi) is 8.64. The van der Waals surface area contributed by atoms with E-state index in [4.69, 9.17) is 16.3 Å². The van der Waals surface area contributed by atoms with Gasteiger partial charge in [-0.25, -0.2) is 9.37 Å². The summed E-state index contributed by atoms with van der Waals surface area (Å²) in [6.07, 6.45) is 0.773. The van der Waals surface area contributed by atoms with Crippen molar-refractivity contribution in [1.82, 2.24) is 9.88 Å². The number of benzene rings is 2. The van der Waals surface area contributed by atoms with Crippen LogP contribution in [0.1, 0.15) is 6.42 Å². The van der Waals surface area contributed by atoms with Crippen molar-refractivity contribution in [3.05, 3.63) is 53.3 Å². The maximum Gasteiger partial charge on any atom is 0.266 e. The Balaban J connectivity index is 0.00000300. The number of anilines is 1. The number of rotatable bonds is 8. The molecule has 0 saturated heterocycles. The van der Waals surface area contributed by atoms with Crippen LogP contribution in [0.15, 0.2) is 42.5 Å². The first-order chi connectivity index (χ1) is 13.4. The third-order valence-electron chi connectivity index (χ3n) is 4.05. The normalized spacial score (nSPS) is 10.8. The molecular weight excluding hydrogens is 436 g/mol. The number of para-hydroxylation sites is 1. The van der Waals surface area contributed by atoms with Gasteiger partial charge in [0.25, 0.3) is 5.91 Å². The first kappa shape index (κ1) is 23.3. The van der Waals surface area contributed by atoms with Crippen LogP contribution in [-0.4, -0.2) is 49.6 Å². The lowest BCUT2D eigenvalue weighted by molar-refractivity contribution is -0.120. The number of aromatic nitrogens is 1. The highest BCUT2D eigenvalue weighted by Gasteiger charge is 2.21. The highest BCUT2D eigenvalue weighted by Crippen LogP contribution is 2.31. The Hall–Kier alpha value is -1.93. The van der Waals surface area contributed by atoms with E-state index in [0.29, 0.717) is 16.7 Å². The van der Waals surface area contributed by atoms with Gasteiger partial charge in [0.2, 0.25) is 0 Å². The molecule has 0 unspecified atom stereocenters. The van der Waals surface area contributed by atoms with Gasteiger partial charge in [-0.2, -0.15) is 0 Å². The van der Waals surface area contributed by atoms with Gasteiger partial charge in [0.1, 0.15) is 0 Å². The van der Waals surface area contributed by atoms with Crippen LogP contribution in [0.3, 0.4) is 0 Å². The monoisotopic (exact) mass is 457 g/mol. The summed E-state index contributed by atoms with van der Waals surface area (Å²) < 4.78 is 20.1. The average molecular weight is 458 g/mol. The van der Waals surface area contributed by atoms with Gasteiger partial charge < -0.3 is 9.64 Å². The lowest BCUT2D eigenvalue weighted by Crippen LogP contribution is -2.37. The summed E-state index contributed by atoms with van der Waals surface area (Å²) in [6, 6.07) is 11.5. The van der Waals surface area contributed by atoms with Crippen molar-refractivity contribution in [1.29, 1.82) is 0 Å². The van der Waals surface area contributed by atoms with Crippen LogP contribution in [0.2, 0.25) is 5.02 Å². The third-order valence-corrected chi connectivity index (χ3v) is 5.32. The number of halogens is 3. The number of fused-ring (bicyclic) bond motifs is 1. The van der Waals surface area contributed by atoms with E-state index in [1.807, 2.05) is 26.2 Å². The van der Waals surface area contributed by atoms with E-state index in [9.17, 15) is 9.18 Å². The largest absolute Gasteiger partial charge is 0.481 e. The molecule has 0 saturated carbocycles. The molecule has 0 fully saturated rings. The molecule has 0 aliphatic rings. The molecule has 0 spiro atoms. The standard InChI is InChI=1S/C20H21ClFN3O2S.ClH/c1-24(2)10-5-11-25(19(26)13-27-17-7-4-3-6-15(17)22)20-23-16-9-8-14(21)12-18(16)28-20;/h3-4,6-9,12H,5,10-11,13H2,1-2H3;1H. The molecule has 0 radical (unpaired) electrons. The molecule has 9 heteroatoms. The number of ether oxygens (including phenoxy) is 1. The van der Waals surface area contributed by atoms with Crippen LogP contribution in [0, 0.1) is 5.82 Å². The number of carbonyl (C=O) groups excluding carboxylic acids is 1. The molecule has 2 aromatic carbocycles. The average Bonchev–Trinajstić information content (AvgIpc) is 3.06.